The third-order valence-corrected chi connectivity index (χ3v) is 1.91. The van der Waals surface area contributed by atoms with Crippen molar-refractivity contribution in [2.24, 2.45) is 0 Å². The summed E-state index contributed by atoms with van der Waals surface area (Å²) >= 11 is 0. The van der Waals surface area contributed by atoms with E-state index in [0.29, 0.717) is 11.6 Å². The molecule has 0 aliphatic carbocycles. The molecule has 15 heavy (non-hydrogen) atoms. The Bertz CT molecular complexity index is 442. The number of halogens is 1. The maximum atomic E-state index is 13.1. The highest BCUT2D eigenvalue weighted by molar-refractivity contribution is 5.55. The van der Waals surface area contributed by atoms with E-state index in [9.17, 15) is 4.39 Å². The van der Waals surface area contributed by atoms with Crippen LogP contribution in [0.25, 0.3) is 0 Å². The van der Waals surface area contributed by atoms with Crippen LogP contribution in [0.4, 0.5) is 16.0 Å². The number of anilines is 2. The molecule has 1 heterocycles. The van der Waals surface area contributed by atoms with E-state index in [-0.39, 0.29) is 11.6 Å². The van der Waals surface area contributed by atoms with Crippen LogP contribution >= 0.6 is 0 Å². The minimum Gasteiger partial charge on any atom is -0.494 e. The van der Waals surface area contributed by atoms with Gasteiger partial charge in [0.25, 0.3) is 0 Å². The molecule has 4 nitrogen and oxygen atoms in total. The van der Waals surface area contributed by atoms with Crippen LogP contribution in [-0.2, 0) is 0 Å². The van der Waals surface area contributed by atoms with E-state index < -0.39 is 0 Å². The van der Waals surface area contributed by atoms with Crippen LogP contribution < -0.4 is 10.1 Å². The van der Waals surface area contributed by atoms with Crippen LogP contribution in [0.5, 0.6) is 5.75 Å². The first-order valence-electron chi connectivity index (χ1n) is 4.39. The van der Waals surface area contributed by atoms with Gasteiger partial charge in [0.05, 0.1) is 7.11 Å². The van der Waals surface area contributed by atoms with Crippen LogP contribution in [0.15, 0.2) is 30.6 Å². The highest BCUT2D eigenvalue weighted by Crippen LogP contribution is 2.22. The molecule has 2 N–H and O–H groups in total. The summed E-state index contributed by atoms with van der Waals surface area (Å²) < 4.78 is 17.9. The van der Waals surface area contributed by atoms with Crippen molar-refractivity contribution >= 4 is 11.6 Å². The molecule has 2 rings (SSSR count). The average molecular weight is 207 g/mol. The number of hydrogen-bond acceptors (Lipinski definition) is 3. The Morgan fingerprint density at radius 3 is 3.00 bits per heavy atom. The van der Waals surface area contributed by atoms with E-state index >= 15 is 0 Å². The molecular formula is C10H10FN3O. The lowest BCUT2D eigenvalue weighted by Gasteiger charge is -2.06. The van der Waals surface area contributed by atoms with Gasteiger partial charge in [-0.1, -0.05) is 0 Å². The Balaban J connectivity index is 2.22. The van der Waals surface area contributed by atoms with E-state index in [4.69, 9.17) is 4.74 Å². The molecule has 0 amide bonds. The molecule has 0 spiro atoms. The summed E-state index contributed by atoms with van der Waals surface area (Å²) in [7, 11) is 1.43. The van der Waals surface area contributed by atoms with Gasteiger partial charge in [-0.2, -0.15) is 0 Å². The maximum Gasteiger partial charge on any atom is 0.204 e. The number of benzene rings is 1. The van der Waals surface area contributed by atoms with Crippen LogP contribution in [0.3, 0.4) is 0 Å². The standard InChI is InChI=1S/C10H10FN3O/c1-15-9-6-7(2-3-8(9)11)14-10-12-4-5-13-10/h2-6H,1H3,(H2,12,13,14). The number of nitrogens with one attached hydrogen (secondary N) is 2. The largest absolute Gasteiger partial charge is 0.494 e. The van der Waals surface area contributed by atoms with Crippen LogP contribution in [0.1, 0.15) is 0 Å². The van der Waals surface area contributed by atoms with Gasteiger partial charge in [0.1, 0.15) is 0 Å². The van der Waals surface area contributed by atoms with Crippen molar-refractivity contribution in [1.82, 2.24) is 9.97 Å². The lowest BCUT2D eigenvalue weighted by Crippen LogP contribution is -1.94. The second-order valence-electron chi connectivity index (χ2n) is 2.91. The Labute approximate surface area is 86.1 Å². The normalized spacial score (nSPS) is 10.0. The summed E-state index contributed by atoms with van der Waals surface area (Å²) in [6.07, 6.45) is 3.33. The first-order chi connectivity index (χ1) is 7.29. The summed E-state index contributed by atoms with van der Waals surface area (Å²) in [6.45, 7) is 0. The molecular weight excluding hydrogens is 197 g/mol. The third kappa shape index (κ3) is 2.07. The molecule has 78 valence electrons. The summed E-state index contributed by atoms with van der Waals surface area (Å²) in [6, 6.07) is 4.52. The van der Waals surface area contributed by atoms with Gasteiger partial charge in [-0.15, -0.1) is 0 Å². The van der Waals surface area contributed by atoms with Gasteiger partial charge in [-0.25, -0.2) is 9.37 Å². The Morgan fingerprint density at radius 1 is 1.47 bits per heavy atom. The van der Waals surface area contributed by atoms with Crippen molar-refractivity contribution in [3.05, 3.63) is 36.4 Å². The van der Waals surface area contributed by atoms with Crippen molar-refractivity contribution < 1.29 is 9.13 Å². The van der Waals surface area contributed by atoms with Gasteiger partial charge >= 0.3 is 0 Å². The highest BCUT2D eigenvalue weighted by Gasteiger charge is 2.03. The Morgan fingerprint density at radius 2 is 2.33 bits per heavy atom. The monoisotopic (exact) mass is 207 g/mol. The molecule has 0 fully saturated rings. The van der Waals surface area contributed by atoms with Gasteiger partial charge in [0.15, 0.2) is 11.6 Å². The highest BCUT2D eigenvalue weighted by atomic mass is 19.1. The summed E-state index contributed by atoms with van der Waals surface area (Å²) in [4.78, 5) is 6.87. The second kappa shape index (κ2) is 4.00. The van der Waals surface area contributed by atoms with Gasteiger partial charge in [0.2, 0.25) is 5.95 Å². The molecule has 0 unspecified atom stereocenters. The Kier molecular flexibility index (Phi) is 2.53. The molecule has 0 atom stereocenters. The first-order valence-corrected chi connectivity index (χ1v) is 4.39. The fraction of sp³-hybridized carbons (Fsp3) is 0.100. The average Bonchev–Trinajstić information content (AvgIpc) is 2.73. The Hall–Kier alpha value is -2.04. The lowest BCUT2D eigenvalue weighted by molar-refractivity contribution is 0.387. The van der Waals surface area contributed by atoms with Crippen molar-refractivity contribution in [1.29, 1.82) is 0 Å². The lowest BCUT2D eigenvalue weighted by atomic mass is 10.3. The number of aromatic nitrogens is 2. The molecule has 0 saturated heterocycles. The smallest absolute Gasteiger partial charge is 0.204 e. The molecule has 0 aliphatic heterocycles. The number of H-pyrrole nitrogens is 1. The number of rotatable bonds is 3. The summed E-state index contributed by atoms with van der Waals surface area (Å²) in [5.74, 6) is 0.415. The fourth-order valence-electron chi connectivity index (χ4n) is 1.21. The van der Waals surface area contributed by atoms with Gasteiger partial charge in [0, 0.05) is 24.1 Å². The number of imidazole rings is 1. The van der Waals surface area contributed by atoms with E-state index in [0.717, 1.165) is 0 Å². The topological polar surface area (TPSA) is 49.9 Å². The minimum atomic E-state index is -0.387. The molecule has 0 saturated carbocycles. The number of ether oxygens (including phenoxy) is 1. The van der Waals surface area contributed by atoms with Crippen molar-refractivity contribution in [3.63, 3.8) is 0 Å². The predicted molar refractivity (Wildman–Crippen MR) is 54.8 cm³/mol. The van der Waals surface area contributed by atoms with E-state index in [1.165, 1.54) is 13.2 Å². The zero-order valence-electron chi connectivity index (χ0n) is 8.12. The number of hydrogen-bond donors (Lipinski definition) is 2. The van der Waals surface area contributed by atoms with Gasteiger partial charge in [-0.3, -0.25) is 0 Å². The number of aromatic amines is 1. The first kappa shape index (κ1) is 9.51. The van der Waals surface area contributed by atoms with Crippen LogP contribution in [-0.4, -0.2) is 17.1 Å². The SMILES string of the molecule is COc1cc(Nc2ncc[nH]2)ccc1F. The van der Waals surface area contributed by atoms with E-state index in [1.807, 2.05) is 0 Å². The zero-order valence-corrected chi connectivity index (χ0v) is 8.12. The summed E-state index contributed by atoms with van der Waals surface area (Å²) in [5, 5.41) is 2.97. The third-order valence-electron chi connectivity index (χ3n) is 1.91. The molecule has 1 aromatic carbocycles. The molecule has 5 heteroatoms. The fourth-order valence-corrected chi connectivity index (χ4v) is 1.21. The predicted octanol–water partition coefficient (Wildman–Crippen LogP) is 2.30. The molecule has 1 aromatic heterocycles. The van der Waals surface area contributed by atoms with Gasteiger partial charge in [-0.05, 0) is 12.1 Å². The molecule has 0 radical (unpaired) electrons. The quantitative estimate of drug-likeness (QED) is 0.811. The van der Waals surface area contributed by atoms with E-state index in [1.54, 1.807) is 24.5 Å². The second-order valence-corrected chi connectivity index (χ2v) is 2.91. The maximum absolute atomic E-state index is 13.1. The van der Waals surface area contributed by atoms with Crippen LogP contribution in [0, 0.1) is 5.82 Å². The summed E-state index contributed by atoms with van der Waals surface area (Å²) in [5.41, 5.74) is 0.711. The number of methoxy groups -OCH3 is 1. The zero-order chi connectivity index (χ0) is 10.7. The molecule has 0 aliphatic rings. The van der Waals surface area contributed by atoms with Gasteiger partial charge < -0.3 is 15.0 Å². The van der Waals surface area contributed by atoms with E-state index in [2.05, 4.69) is 15.3 Å². The number of nitrogens with zero attached hydrogens (tertiary/aromatic N) is 1. The van der Waals surface area contributed by atoms with Crippen LogP contribution in [0.2, 0.25) is 0 Å². The minimum absolute atomic E-state index is 0.201. The molecule has 2 aromatic rings. The molecule has 0 bridgehead atoms. The van der Waals surface area contributed by atoms with Crippen molar-refractivity contribution in [2.75, 3.05) is 12.4 Å². The van der Waals surface area contributed by atoms with Crippen molar-refractivity contribution in [2.45, 2.75) is 0 Å². The van der Waals surface area contributed by atoms with Crippen molar-refractivity contribution in [3.8, 4) is 5.75 Å².